The molecular weight excluding hydrogens is 270 g/mol. The van der Waals surface area contributed by atoms with E-state index >= 15 is 0 Å². The number of hydrogen-bond acceptors (Lipinski definition) is 2. The first-order valence-electron chi connectivity index (χ1n) is 6.91. The van der Waals surface area contributed by atoms with Gasteiger partial charge in [0.2, 0.25) is 0 Å². The minimum absolute atomic E-state index is 0. The quantitative estimate of drug-likeness (QED) is 0.885. The van der Waals surface area contributed by atoms with Gasteiger partial charge in [0, 0.05) is 6.04 Å². The van der Waals surface area contributed by atoms with E-state index in [1.54, 1.807) is 0 Å². The van der Waals surface area contributed by atoms with E-state index in [1.165, 1.54) is 24.8 Å². The highest BCUT2D eigenvalue weighted by Crippen LogP contribution is 2.36. The van der Waals surface area contributed by atoms with Crippen molar-refractivity contribution in [3.63, 3.8) is 0 Å². The molecule has 0 aromatic heterocycles. The van der Waals surface area contributed by atoms with Gasteiger partial charge < -0.3 is 10.5 Å². The third kappa shape index (κ3) is 3.33. The molecule has 0 saturated heterocycles. The Balaban J connectivity index is 0.00000147. The Labute approximate surface area is 126 Å². The third-order valence-corrected chi connectivity index (χ3v) is 3.90. The summed E-state index contributed by atoms with van der Waals surface area (Å²) >= 11 is 0. The van der Waals surface area contributed by atoms with E-state index < -0.39 is 0 Å². The molecule has 2 aromatic carbocycles. The van der Waals surface area contributed by atoms with Crippen LogP contribution in [-0.4, -0.2) is 0 Å². The highest BCUT2D eigenvalue weighted by Gasteiger charge is 2.25. The largest absolute Gasteiger partial charge is 0.457 e. The number of benzene rings is 2. The van der Waals surface area contributed by atoms with Crippen molar-refractivity contribution < 1.29 is 4.74 Å². The average Bonchev–Trinajstić information content (AvgIpc) is 2.39. The number of hydrogen-bond donors (Lipinski definition) is 1. The molecule has 0 amide bonds. The van der Waals surface area contributed by atoms with Gasteiger partial charge in [0.1, 0.15) is 11.5 Å². The smallest absolute Gasteiger partial charge is 0.127 e. The summed E-state index contributed by atoms with van der Waals surface area (Å²) in [5, 5.41) is 0. The van der Waals surface area contributed by atoms with Gasteiger partial charge in [0.25, 0.3) is 0 Å². The van der Waals surface area contributed by atoms with Gasteiger partial charge >= 0.3 is 0 Å². The van der Waals surface area contributed by atoms with E-state index in [2.05, 4.69) is 12.1 Å². The lowest BCUT2D eigenvalue weighted by Crippen LogP contribution is -2.26. The fourth-order valence-corrected chi connectivity index (χ4v) is 2.45. The molecule has 1 fully saturated rings. The molecule has 0 spiro atoms. The van der Waals surface area contributed by atoms with Gasteiger partial charge in [-0.05, 0) is 48.6 Å². The standard InChI is InChI=1S/C17H19NO.ClH/c18-17(13-5-4-6-13)14-9-11-16(12-10-14)19-15-7-2-1-3-8-15;/h1-3,7-13,17H,4-6,18H2;1H/t17-;/m0./s1. The molecule has 1 saturated carbocycles. The SMILES string of the molecule is Cl.N[C@H](c1ccc(Oc2ccccc2)cc1)C1CCC1. The number of rotatable bonds is 4. The lowest BCUT2D eigenvalue weighted by molar-refractivity contribution is 0.264. The zero-order valence-corrected chi connectivity index (χ0v) is 12.2. The number of nitrogens with two attached hydrogens (primary N) is 1. The van der Waals surface area contributed by atoms with E-state index in [4.69, 9.17) is 10.5 Å². The van der Waals surface area contributed by atoms with E-state index in [1.807, 2.05) is 42.5 Å². The van der Waals surface area contributed by atoms with Crippen molar-refractivity contribution in [1.29, 1.82) is 0 Å². The molecule has 0 aliphatic heterocycles. The highest BCUT2D eigenvalue weighted by molar-refractivity contribution is 5.85. The molecule has 0 heterocycles. The first-order valence-corrected chi connectivity index (χ1v) is 6.91. The molecule has 0 radical (unpaired) electrons. The molecule has 1 atom stereocenters. The fourth-order valence-electron chi connectivity index (χ4n) is 2.45. The summed E-state index contributed by atoms with van der Waals surface area (Å²) < 4.78 is 5.77. The lowest BCUT2D eigenvalue weighted by atomic mass is 9.78. The Morgan fingerprint density at radius 2 is 1.50 bits per heavy atom. The summed E-state index contributed by atoms with van der Waals surface area (Å²) in [6.45, 7) is 0. The molecule has 1 aliphatic rings. The summed E-state index contributed by atoms with van der Waals surface area (Å²) in [6.07, 6.45) is 3.86. The molecule has 20 heavy (non-hydrogen) atoms. The molecule has 1 aliphatic carbocycles. The fraction of sp³-hybridized carbons (Fsp3) is 0.294. The van der Waals surface area contributed by atoms with Crippen LogP contribution < -0.4 is 10.5 Å². The zero-order chi connectivity index (χ0) is 13.1. The first kappa shape index (κ1) is 14.9. The normalized spacial score (nSPS) is 15.8. The van der Waals surface area contributed by atoms with Crippen molar-refractivity contribution in [2.24, 2.45) is 11.7 Å². The van der Waals surface area contributed by atoms with Gasteiger partial charge in [-0.1, -0.05) is 36.8 Å². The van der Waals surface area contributed by atoms with Crippen molar-refractivity contribution in [2.75, 3.05) is 0 Å². The predicted molar refractivity (Wildman–Crippen MR) is 84.5 cm³/mol. The Morgan fingerprint density at radius 1 is 0.900 bits per heavy atom. The van der Waals surface area contributed by atoms with Crippen LogP contribution in [0.4, 0.5) is 0 Å². The van der Waals surface area contributed by atoms with Crippen LogP contribution in [0.1, 0.15) is 30.9 Å². The molecule has 2 N–H and O–H groups in total. The molecule has 0 bridgehead atoms. The second kappa shape index (κ2) is 6.78. The predicted octanol–water partition coefficient (Wildman–Crippen LogP) is 4.70. The van der Waals surface area contributed by atoms with Crippen LogP contribution in [-0.2, 0) is 0 Å². The van der Waals surface area contributed by atoms with E-state index in [-0.39, 0.29) is 18.4 Å². The van der Waals surface area contributed by atoms with Crippen molar-refractivity contribution >= 4 is 12.4 Å². The van der Waals surface area contributed by atoms with Gasteiger partial charge in [0.05, 0.1) is 0 Å². The monoisotopic (exact) mass is 289 g/mol. The maximum atomic E-state index is 6.26. The highest BCUT2D eigenvalue weighted by atomic mass is 35.5. The molecule has 3 rings (SSSR count). The van der Waals surface area contributed by atoms with Gasteiger partial charge in [-0.2, -0.15) is 0 Å². The minimum atomic E-state index is 0. The van der Waals surface area contributed by atoms with Crippen LogP contribution in [0.2, 0.25) is 0 Å². The second-order valence-electron chi connectivity index (χ2n) is 5.20. The van der Waals surface area contributed by atoms with Gasteiger partial charge in [-0.25, -0.2) is 0 Å². The van der Waals surface area contributed by atoms with Crippen LogP contribution in [0, 0.1) is 5.92 Å². The Hall–Kier alpha value is -1.51. The zero-order valence-electron chi connectivity index (χ0n) is 11.4. The van der Waals surface area contributed by atoms with Crippen LogP contribution >= 0.6 is 12.4 Å². The van der Waals surface area contributed by atoms with Crippen LogP contribution in [0.5, 0.6) is 11.5 Å². The molecule has 2 nitrogen and oxygen atoms in total. The van der Waals surface area contributed by atoms with Crippen LogP contribution in [0.25, 0.3) is 0 Å². The molecule has 3 heteroatoms. The number of para-hydroxylation sites is 1. The Bertz CT molecular complexity index is 522. The number of ether oxygens (including phenoxy) is 1. The van der Waals surface area contributed by atoms with E-state index in [0.29, 0.717) is 5.92 Å². The summed E-state index contributed by atoms with van der Waals surface area (Å²) in [6, 6.07) is 18.2. The van der Waals surface area contributed by atoms with Gasteiger partial charge in [-0.15, -0.1) is 12.4 Å². The van der Waals surface area contributed by atoms with E-state index in [0.717, 1.165) is 11.5 Å². The van der Waals surface area contributed by atoms with Crippen molar-refractivity contribution in [1.82, 2.24) is 0 Å². The van der Waals surface area contributed by atoms with Gasteiger partial charge in [0.15, 0.2) is 0 Å². The van der Waals surface area contributed by atoms with Crippen LogP contribution in [0.15, 0.2) is 54.6 Å². The Kier molecular flexibility index (Phi) is 5.05. The van der Waals surface area contributed by atoms with Crippen molar-refractivity contribution in [3.8, 4) is 11.5 Å². The second-order valence-corrected chi connectivity index (χ2v) is 5.20. The topological polar surface area (TPSA) is 35.2 Å². The molecule has 106 valence electrons. The number of halogens is 1. The van der Waals surface area contributed by atoms with Crippen molar-refractivity contribution in [3.05, 3.63) is 60.2 Å². The first-order chi connectivity index (χ1) is 9.33. The molecule has 0 unspecified atom stereocenters. The van der Waals surface area contributed by atoms with Crippen LogP contribution in [0.3, 0.4) is 0 Å². The van der Waals surface area contributed by atoms with E-state index in [9.17, 15) is 0 Å². The summed E-state index contributed by atoms with van der Waals surface area (Å²) in [7, 11) is 0. The third-order valence-electron chi connectivity index (χ3n) is 3.90. The maximum absolute atomic E-state index is 6.26. The summed E-state index contributed by atoms with van der Waals surface area (Å²) in [4.78, 5) is 0. The maximum Gasteiger partial charge on any atom is 0.127 e. The Morgan fingerprint density at radius 3 is 2.05 bits per heavy atom. The summed E-state index contributed by atoms with van der Waals surface area (Å²) in [5.74, 6) is 2.38. The average molecular weight is 290 g/mol. The minimum Gasteiger partial charge on any atom is -0.457 e. The summed E-state index contributed by atoms with van der Waals surface area (Å²) in [5.41, 5.74) is 7.48. The lowest BCUT2D eigenvalue weighted by Gasteiger charge is -2.31. The van der Waals surface area contributed by atoms with Gasteiger partial charge in [-0.3, -0.25) is 0 Å². The van der Waals surface area contributed by atoms with Crippen molar-refractivity contribution in [2.45, 2.75) is 25.3 Å². The molecule has 2 aromatic rings. The molecular formula is C17H20ClNO.